The van der Waals surface area contributed by atoms with Crippen LogP contribution in [0.15, 0.2) is 0 Å². The number of ether oxygens (including phenoxy) is 1. The minimum atomic E-state index is -1.03. The number of carboxylic acid groups (broad SMARTS) is 1. The molecule has 1 amide bonds. The maximum atomic E-state index is 11.5. The summed E-state index contributed by atoms with van der Waals surface area (Å²) in [5.74, 6) is -1.29. The van der Waals surface area contributed by atoms with E-state index in [9.17, 15) is 9.59 Å². The lowest BCUT2D eigenvalue weighted by atomic mass is 9.77. The van der Waals surface area contributed by atoms with Crippen LogP contribution >= 0.6 is 0 Å². The van der Waals surface area contributed by atoms with E-state index in [1.165, 1.54) is 0 Å². The van der Waals surface area contributed by atoms with E-state index < -0.39 is 11.5 Å². The summed E-state index contributed by atoms with van der Waals surface area (Å²) in [7, 11) is 0. The maximum Gasteiger partial charge on any atom is 0.329 e. The first-order valence-corrected chi connectivity index (χ1v) is 5.66. The van der Waals surface area contributed by atoms with Crippen molar-refractivity contribution in [2.75, 3.05) is 6.61 Å². The molecule has 0 heterocycles. The Morgan fingerprint density at radius 2 is 2.12 bits per heavy atom. The Morgan fingerprint density at radius 3 is 2.50 bits per heavy atom. The zero-order valence-electron chi connectivity index (χ0n) is 9.78. The van der Waals surface area contributed by atoms with Crippen molar-refractivity contribution in [3.63, 3.8) is 0 Å². The molecule has 0 spiro atoms. The number of amides is 1. The number of nitrogens with one attached hydrogen (secondary N) is 1. The van der Waals surface area contributed by atoms with Gasteiger partial charge in [-0.15, -0.1) is 0 Å². The van der Waals surface area contributed by atoms with Crippen LogP contribution in [0.1, 0.15) is 39.5 Å². The van der Waals surface area contributed by atoms with Crippen LogP contribution in [0.5, 0.6) is 0 Å². The number of carboxylic acids is 1. The first-order chi connectivity index (χ1) is 7.50. The van der Waals surface area contributed by atoms with E-state index >= 15 is 0 Å². The molecule has 1 saturated carbocycles. The molecule has 92 valence electrons. The quantitative estimate of drug-likeness (QED) is 0.710. The molecule has 0 aromatic carbocycles. The van der Waals surface area contributed by atoms with Crippen molar-refractivity contribution in [1.29, 1.82) is 0 Å². The zero-order valence-corrected chi connectivity index (χ0v) is 9.78. The first kappa shape index (κ1) is 13.0. The molecule has 16 heavy (non-hydrogen) atoms. The van der Waals surface area contributed by atoms with Gasteiger partial charge in [0.15, 0.2) is 0 Å². The van der Waals surface area contributed by atoms with E-state index in [1.54, 1.807) is 0 Å². The molecule has 0 bridgehead atoms. The maximum absolute atomic E-state index is 11.5. The predicted octanol–water partition coefficient (Wildman–Crippen LogP) is 0.925. The van der Waals surface area contributed by atoms with Crippen LogP contribution in [0.25, 0.3) is 0 Å². The summed E-state index contributed by atoms with van der Waals surface area (Å²) in [6, 6.07) is 0. The van der Waals surface area contributed by atoms with Gasteiger partial charge in [-0.2, -0.15) is 0 Å². The Hall–Kier alpha value is -1.10. The Labute approximate surface area is 95.2 Å². The lowest BCUT2D eigenvalue weighted by Gasteiger charge is -2.38. The second kappa shape index (κ2) is 5.30. The summed E-state index contributed by atoms with van der Waals surface area (Å²) < 4.78 is 5.24. The molecule has 0 saturated heterocycles. The van der Waals surface area contributed by atoms with Crippen LogP contribution in [0.2, 0.25) is 0 Å². The number of hydrogen-bond donors (Lipinski definition) is 2. The van der Waals surface area contributed by atoms with Gasteiger partial charge in [0.05, 0.1) is 6.10 Å². The highest BCUT2D eigenvalue weighted by Gasteiger charge is 2.45. The summed E-state index contributed by atoms with van der Waals surface area (Å²) in [5.41, 5.74) is -1.03. The molecular formula is C11H19NO4. The minimum Gasteiger partial charge on any atom is -0.480 e. The number of hydrogen-bond acceptors (Lipinski definition) is 3. The molecule has 0 aromatic rings. The van der Waals surface area contributed by atoms with Crippen molar-refractivity contribution in [3.05, 3.63) is 0 Å². The van der Waals surface area contributed by atoms with Crippen LogP contribution in [0, 0.1) is 0 Å². The average Bonchev–Trinajstić information content (AvgIpc) is 2.19. The summed E-state index contributed by atoms with van der Waals surface area (Å²) in [6.45, 7) is 3.78. The van der Waals surface area contributed by atoms with Crippen LogP contribution in [-0.4, -0.2) is 35.2 Å². The van der Waals surface area contributed by atoms with Crippen molar-refractivity contribution in [1.82, 2.24) is 5.32 Å². The van der Waals surface area contributed by atoms with Gasteiger partial charge >= 0.3 is 5.97 Å². The third-order valence-electron chi connectivity index (χ3n) is 3.07. The second-order valence-corrected chi connectivity index (χ2v) is 4.32. The molecule has 0 radical (unpaired) electrons. The van der Waals surface area contributed by atoms with E-state index in [2.05, 4.69) is 5.32 Å². The molecule has 0 aromatic heterocycles. The highest BCUT2D eigenvalue weighted by molar-refractivity contribution is 5.88. The van der Waals surface area contributed by atoms with Crippen molar-refractivity contribution in [2.24, 2.45) is 0 Å². The number of rotatable bonds is 6. The lowest BCUT2D eigenvalue weighted by molar-refractivity contribution is -0.152. The van der Waals surface area contributed by atoms with Gasteiger partial charge in [-0.3, -0.25) is 4.79 Å². The molecule has 5 heteroatoms. The molecule has 1 rings (SSSR count). The summed E-state index contributed by atoms with van der Waals surface area (Å²) in [6.07, 6.45) is 2.72. The van der Waals surface area contributed by atoms with Crippen molar-refractivity contribution in [2.45, 2.75) is 51.2 Å². The lowest BCUT2D eigenvalue weighted by Crippen LogP contribution is -2.59. The molecule has 1 aliphatic rings. The van der Waals surface area contributed by atoms with Gasteiger partial charge in [0.1, 0.15) is 12.1 Å². The molecule has 1 unspecified atom stereocenters. The van der Waals surface area contributed by atoms with Crippen LogP contribution in [-0.2, 0) is 14.3 Å². The largest absolute Gasteiger partial charge is 0.480 e. The smallest absolute Gasteiger partial charge is 0.329 e. The van der Waals surface area contributed by atoms with Crippen molar-refractivity contribution < 1.29 is 19.4 Å². The Kier molecular flexibility index (Phi) is 4.29. The van der Waals surface area contributed by atoms with Crippen LogP contribution in [0.4, 0.5) is 0 Å². The Morgan fingerprint density at radius 1 is 1.50 bits per heavy atom. The van der Waals surface area contributed by atoms with Crippen LogP contribution in [0.3, 0.4) is 0 Å². The molecule has 1 fully saturated rings. The summed E-state index contributed by atoms with van der Waals surface area (Å²) in [5, 5.41) is 11.5. The van der Waals surface area contributed by atoms with Gasteiger partial charge in [-0.25, -0.2) is 4.79 Å². The standard InChI is InChI=1S/C11H19NO4/c1-3-8(2)16-7-9(13)12-11(10(14)15)5-4-6-11/h8H,3-7H2,1-2H3,(H,12,13)(H,14,15). The summed E-state index contributed by atoms with van der Waals surface area (Å²) >= 11 is 0. The van der Waals surface area contributed by atoms with Gasteiger partial charge in [-0.1, -0.05) is 6.92 Å². The minimum absolute atomic E-state index is 0.0212. The van der Waals surface area contributed by atoms with Gasteiger partial charge < -0.3 is 15.2 Å². The second-order valence-electron chi connectivity index (χ2n) is 4.32. The average molecular weight is 229 g/mol. The third kappa shape index (κ3) is 2.95. The summed E-state index contributed by atoms with van der Waals surface area (Å²) in [4.78, 5) is 22.5. The monoisotopic (exact) mass is 229 g/mol. The Balaban J connectivity index is 2.36. The van der Waals surface area contributed by atoms with E-state index in [4.69, 9.17) is 9.84 Å². The molecule has 1 atom stereocenters. The molecule has 1 aliphatic carbocycles. The van der Waals surface area contributed by atoms with Gasteiger partial charge in [-0.05, 0) is 32.6 Å². The van der Waals surface area contributed by atoms with Crippen molar-refractivity contribution >= 4 is 11.9 Å². The van der Waals surface area contributed by atoms with Gasteiger partial charge in [0.2, 0.25) is 5.91 Å². The fraction of sp³-hybridized carbons (Fsp3) is 0.818. The zero-order chi connectivity index (χ0) is 12.2. The molecule has 2 N–H and O–H groups in total. The van der Waals surface area contributed by atoms with Gasteiger partial charge in [0, 0.05) is 0 Å². The fourth-order valence-electron chi connectivity index (χ4n) is 1.56. The molecule has 0 aliphatic heterocycles. The topological polar surface area (TPSA) is 75.6 Å². The van der Waals surface area contributed by atoms with Crippen LogP contribution < -0.4 is 5.32 Å². The molecular weight excluding hydrogens is 210 g/mol. The predicted molar refractivity (Wildman–Crippen MR) is 58.1 cm³/mol. The van der Waals surface area contributed by atoms with E-state index in [0.717, 1.165) is 12.8 Å². The molecule has 5 nitrogen and oxygen atoms in total. The normalized spacial score (nSPS) is 19.6. The van der Waals surface area contributed by atoms with E-state index in [0.29, 0.717) is 12.8 Å². The first-order valence-electron chi connectivity index (χ1n) is 5.66. The fourth-order valence-corrected chi connectivity index (χ4v) is 1.56. The van der Waals surface area contributed by atoms with E-state index in [1.807, 2.05) is 13.8 Å². The van der Waals surface area contributed by atoms with Gasteiger partial charge in [0.25, 0.3) is 0 Å². The Bertz CT molecular complexity index is 273. The highest BCUT2D eigenvalue weighted by atomic mass is 16.5. The third-order valence-corrected chi connectivity index (χ3v) is 3.07. The highest BCUT2D eigenvalue weighted by Crippen LogP contribution is 2.31. The van der Waals surface area contributed by atoms with E-state index in [-0.39, 0.29) is 18.6 Å². The number of aliphatic carboxylic acids is 1. The number of carbonyl (C=O) groups excluding carboxylic acids is 1. The SMILES string of the molecule is CCC(C)OCC(=O)NC1(C(=O)O)CCC1. The number of carbonyl (C=O) groups is 2. The van der Waals surface area contributed by atoms with Crippen molar-refractivity contribution in [3.8, 4) is 0 Å².